The summed E-state index contributed by atoms with van der Waals surface area (Å²) in [6.45, 7) is 1.16. The third kappa shape index (κ3) is 6.07. The maximum absolute atomic E-state index is 10.6. The molecule has 3 nitrogen and oxygen atoms in total. The molecule has 1 rings (SSSR count). The molecule has 18 heavy (non-hydrogen) atoms. The highest BCUT2D eigenvalue weighted by molar-refractivity contribution is 5.69. The summed E-state index contributed by atoms with van der Waals surface area (Å²) >= 11 is 0. The number of aliphatic carboxylic acids is 1. The van der Waals surface area contributed by atoms with Gasteiger partial charge in [0.15, 0.2) is 0 Å². The maximum Gasteiger partial charge on any atom is 0.317 e. The van der Waals surface area contributed by atoms with Gasteiger partial charge >= 0.3 is 5.97 Å². The van der Waals surface area contributed by atoms with Crippen LogP contribution in [0.25, 0.3) is 0 Å². The van der Waals surface area contributed by atoms with Crippen molar-refractivity contribution in [3.8, 4) is 12.3 Å². The van der Waals surface area contributed by atoms with Crippen LogP contribution in [0.4, 0.5) is 0 Å². The van der Waals surface area contributed by atoms with Gasteiger partial charge < -0.3 is 5.11 Å². The highest BCUT2D eigenvalue weighted by atomic mass is 16.4. The Hall–Kier alpha value is -1.79. The molecule has 0 fully saturated rings. The zero-order chi connectivity index (χ0) is 13.2. The van der Waals surface area contributed by atoms with Crippen molar-refractivity contribution < 1.29 is 9.90 Å². The summed E-state index contributed by atoms with van der Waals surface area (Å²) in [5, 5.41) is 8.73. The molecule has 0 aromatic heterocycles. The second-order valence-electron chi connectivity index (χ2n) is 4.25. The Bertz CT molecular complexity index is 395. The Kier molecular flexibility index (Phi) is 6.60. The number of rotatable bonds is 8. The van der Waals surface area contributed by atoms with Gasteiger partial charge in [-0.3, -0.25) is 9.69 Å². The molecule has 1 N–H and O–H groups in total. The Morgan fingerprint density at radius 1 is 1.28 bits per heavy atom. The lowest BCUT2D eigenvalue weighted by molar-refractivity contribution is -0.138. The summed E-state index contributed by atoms with van der Waals surface area (Å²) in [4.78, 5) is 12.4. The Labute approximate surface area is 108 Å². The first kappa shape index (κ1) is 14.3. The first-order chi connectivity index (χ1) is 8.72. The largest absolute Gasteiger partial charge is 0.480 e. The van der Waals surface area contributed by atoms with Crippen LogP contribution in [0, 0.1) is 12.3 Å². The van der Waals surface area contributed by atoms with Crippen molar-refractivity contribution in [1.82, 2.24) is 4.90 Å². The Morgan fingerprint density at radius 2 is 2.00 bits per heavy atom. The summed E-state index contributed by atoms with van der Waals surface area (Å²) in [6.07, 6.45) is 8.25. The third-order valence-electron chi connectivity index (χ3n) is 2.71. The van der Waals surface area contributed by atoms with Crippen LogP contribution in [0.1, 0.15) is 18.4 Å². The van der Waals surface area contributed by atoms with Gasteiger partial charge in [-0.1, -0.05) is 36.3 Å². The normalized spacial score (nSPS) is 10.2. The molecular formula is C15H19NO2. The van der Waals surface area contributed by atoms with Crippen molar-refractivity contribution in [1.29, 1.82) is 0 Å². The number of terminal acetylenes is 1. The number of nitrogens with zero attached hydrogens (tertiary/aromatic N) is 1. The van der Waals surface area contributed by atoms with Crippen molar-refractivity contribution in [2.45, 2.75) is 19.3 Å². The zero-order valence-corrected chi connectivity index (χ0v) is 10.5. The van der Waals surface area contributed by atoms with Crippen molar-refractivity contribution >= 4 is 5.97 Å². The fraction of sp³-hybridized carbons (Fsp3) is 0.400. The summed E-state index contributed by atoms with van der Waals surface area (Å²) in [6, 6.07) is 10.3. The maximum atomic E-state index is 10.6. The predicted molar refractivity (Wildman–Crippen MR) is 72.3 cm³/mol. The van der Waals surface area contributed by atoms with E-state index in [1.165, 1.54) is 5.56 Å². The number of benzene rings is 1. The fourth-order valence-electron chi connectivity index (χ4n) is 1.84. The summed E-state index contributed by atoms with van der Waals surface area (Å²) in [5.74, 6) is 1.67. The number of carboxylic acid groups (broad SMARTS) is 1. The minimum atomic E-state index is -0.826. The highest BCUT2D eigenvalue weighted by Crippen LogP contribution is 2.05. The van der Waals surface area contributed by atoms with Crippen LogP contribution >= 0.6 is 0 Å². The fourth-order valence-corrected chi connectivity index (χ4v) is 1.84. The van der Waals surface area contributed by atoms with Gasteiger partial charge in [0.25, 0.3) is 0 Å². The summed E-state index contributed by atoms with van der Waals surface area (Å²) in [5.41, 5.74) is 1.32. The second kappa shape index (κ2) is 8.32. The SMILES string of the molecule is C#CCN(CCCCc1ccccc1)CC(=O)O. The molecule has 3 heteroatoms. The van der Waals surface area contributed by atoms with Gasteiger partial charge in [0.1, 0.15) is 0 Å². The van der Waals surface area contributed by atoms with Gasteiger partial charge in [-0.2, -0.15) is 0 Å². The topological polar surface area (TPSA) is 40.5 Å². The Balaban J connectivity index is 2.22. The number of carbonyl (C=O) groups is 1. The lowest BCUT2D eigenvalue weighted by Crippen LogP contribution is -2.31. The first-order valence-electron chi connectivity index (χ1n) is 6.14. The van der Waals surface area contributed by atoms with Crippen molar-refractivity contribution in [3.63, 3.8) is 0 Å². The number of carboxylic acids is 1. The van der Waals surface area contributed by atoms with Crippen molar-refractivity contribution in [3.05, 3.63) is 35.9 Å². The standard InChI is InChI=1S/C15H19NO2/c1-2-11-16(13-15(17)18)12-7-6-10-14-8-4-3-5-9-14/h1,3-5,8-9H,6-7,10-13H2,(H,17,18). The van der Waals surface area contributed by atoms with Crippen LogP contribution in [-0.4, -0.2) is 35.6 Å². The number of aryl methyl sites for hydroxylation is 1. The van der Waals surface area contributed by atoms with Crippen LogP contribution in [0.15, 0.2) is 30.3 Å². The molecule has 0 unspecified atom stereocenters. The average molecular weight is 245 g/mol. The molecule has 0 spiro atoms. The molecule has 0 saturated heterocycles. The minimum absolute atomic E-state index is 0.0234. The van der Waals surface area contributed by atoms with E-state index in [1.807, 2.05) is 18.2 Å². The first-order valence-corrected chi connectivity index (χ1v) is 6.14. The van der Waals surface area contributed by atoms with E-state index in [2.05, 4.69) is 18.1 Å². The monoisotopic (exact) mass is 245 g/mol. The van der Waals surface area contributed by atoms with E-state index >= 15 is 0 Å². The van der Waals surface area contributed by atoms with Crippen molar-refractivity contribution in [2.24, 2.45) is 0 Å². The van der Waals surface area contributed by atoms with Crippen LogP contribution in [-0.2, 0) is 11.2 Å². The van der Waals surface area contributed by atoms with Gasteiger partial charge in [0.05, 0.1) is 13.1 Å². The summed E-state index contributed by atoms with van der Waals surface area (Å²) < 4.78 is 0. The highest BCUT2D eigenvalue weighted by Gasteiger charge is 2.07. The van der Waals surface area contributed by atoms with Gasteiger partial charge in [-0.05, 0) is 31.4 Å². The van der Waals surface area contributed by atoms with Crippen LogP contribution in [0.2, 0.25) is 0 Å². The van der Waals surface area contributed by atoms with E-state index in [9.17, 15) is 4.79 Å². The van der Waals surface area contributed by atoms with E-state index in [0.717, 1.165) is 25.8 Å². The average Bonchev–Trinajstić information content (AvgIpc) is 2.35. The lowest BCUT2D eigenvalue weighted by atomic mass is 10.1. The smallest absolute Gasteiger partial charge is 0.317 e. The number of hydrogen-bond acceptors (Lipinski definition) is 2. The van der Waals surface area contributed by atoms with Crippen LogP contribution in [0.5, 0.6) is 0 Å². The molecule has 96 valence electrons. The molecule has 1 aromatic carbocycles. The van der Waals surface area contributed by atoms with Crippen molar-refractivity contribution in [2.75, 3.05) is 19.6 Å². The van der Waals surface area contributed by atoms with E-state index in [4.69, 9.17) is 11.5 Å². The molecule has 0 aliphatic rings. The molecule has 0 amide bonds. The van der Waals surface area contributed by atoms with Crippen LogP contribution in [0.3, 0.4) is 0 Å². The Morgan fingerprint density at radius 3 is 2.61 bits per heavy atom. The van der Waals surface area contributed by atoms with Crippen LogP contribution < -0.4 is 0 Å². The van der Waals surface area contributed by atoms with Gasteiger partial charge in [-0.25, -0.2) is 0 Å². The lowest BCUT2D eigenvalue weighted by Gasteiger charge is -2.16. The molecule has 0 aliphatic heterocycles. The van der Waals surface area contributed by atoms with Gasteiger partial charge in [0.2, 0.25) is 0 Å². The number of hydrogen-bond donors (Lipinski definition) is 1. The third-order valence-corrected chi connectivity index (χ3v) is 2.71. The van der Waals surface area contributed by atoms with E-state index in [1.54, 1.807) is 4.90 Å². The second-order valence-corrected chi connectivity index (χ2v) is 4.25. The van der Waals surface area contributed by atoms with E-state index in [0.29, 0.717) is 6.54 Å². The van der Waals surface area contributed by atoms with Gasteiger partial charge in [0, 0.05) is 0 Å². The minimum Gasteiger partial charge on any atom is -0.480 e. The molecule has 0 radical (unpaired) electrons. The quantitative estimate of drug-likeness (QED) is 0.563. The molecule has 0 atom stereocenters. The van der Waals surface area contributed by atoms with Gasteiger partial charge in [-0.15, -0.1) is 6.42 Å². The predicted octanol–water partition coefficient (Wildman–Crippen LogP) is 2.03. The molecule has 0 aliphatic carbocycles. The van der Waals surface area contributed by atoms with E-state index in [-0.39, 0.29) is 6.54 Å². The zero-order valence-electron chi connectivity index (χ0n) is 10.5. The molecular weight excluding hydrogens is 226 g/mol. The molecule has 0 bridgehead atoms. The molecule has 0 saturated carbocycles. The summed E-state index contributed by atoms with van der Waals surface area (Å²) in [7, 11) is 0. The molecule has 0 heterocycles. The number of unbranched alkanes of at least 4 members (excludes halogenated alkanes) is 1. The van der Waals surface area contributed by atoms with E-state index < -0.39 is 5.97 Å². The molecule has 1 aromatic rings.